The minimum Gasteiger partial charge on any atom is -0.330 e. The molecule has 0 spiro atoms. The van der Waals surface area contributed by atoms with Crippen LogP contribution in [0, 0.1) is 0 Å². The maximum absolute atomic E-state index is 5.55. The Bertz CT molecular complexity index is 331. The van der Waals surface area contributed by atoms with Crippen LogP contribution in [0.25, 0.3) is 0 Å². The van der Waals surface area contributed by atoms with Crippen molar-refractivity contribution in [2.45, 2.75) is 51.6 Å². The minimum atomic E-state index is 0.701. The van der Waals surface area contributed by atoms with E-state index in [4.69, 9.17) is 5.73 Å². The molecule has 0 radical (unpaired) electrons. The van der Waals surface area contributed by atoms with Crippen molar-refractivity contribution in [2.75, 3.05) is 13.1 Å². The summed E-state index contributed by atoms with van der Waals surface area (Å²) < 4.78 is 0. The van der Waals surface area contributed by atoms with Gasteiger partial charge in [0, 0.05) is 24.4 Å². The van der Waals surface area contributed by atoms with Crippen LogP contribution in [0.3, 0.4) is 0 Å². The first-order chi connectivity index (χ1) is 8.33. The van der Waals surface area contributed by atoms with Crippen LogP contribution in [0.1, 0.15) is 43.3 Å². The van der Waals surface area contributed by atoms with Crippen molar-refractivity contribution in [1.82, 2.24) is 9.88 Å². The summed E-state index contributed by atoms with van der Waals surface area (Å²) in [6, 6.07) is 0.791. The van der Waals surface area contributed by atoms with Crippen molar-refractivity contribution >= 4 is 11.3 Å². The summed E-state index contributed by atoms with van der Waals surface area (Å²) in [6.07, 6.45) is 6.45. The second kappa shape index (κ2) is 6.47. The van der Waals surface area contributed by atoms with Crippen LogP contribution in [0.15, 0.2) is 5.38 Å². The van der Waals surface area contributed by atoms with Crippen LogP contribution >= 0.6 is 11.3 Å². The Morgan fingerprint density at radius 3 is 2.88 bits per heavy atom. The van der Waals surface area contributed by atoms with Crippen molar-refractivity contribution in [1.29, 1.82) is 0 Å². The average molecular weight is 253 g/mol. The van der Waals surface area contributed by atoms with E-state index in [0.29, 0.717) is 6.54 Å². The quantitative estimate of drug-likeness (QED) is 0.846. The van der Waals surface area contributed by atoms with E-state index < -0.39 is 0 Å². The molecule has 96 valence electrons. The maximum atomic E-state index is 5.55. The zero-order valence-corrected chi connectivity index (χ0v) is 11.5. The first-order valence-corrected chi connectivity index (χ1v) is 7.58. The highest BCUT2D eigenvalue weighted by molar-refractivity contribution is 7.09. The summed E-state index contributed by atoms with van der Waals surface area (Å²) in [5, 5.41) is 3.38. The number of hydrogen-bond donors (Lipinski definition) is 1. The Morgan fingerprint density at radius 2 is 2.24 bits per heavy atom. The molecule has 0 saturated heterocycles. The monoisotopic (exact) mass is 253 g/mol. The summed E-state index contributed by atoms with van der Waals surface area (Å²) in [6.45, 7) is 5.11. The molecule has 0 aliphatic heterocycles. The lowest BCUT2D eigenvalue weighted by molar-refractivity contribution is 0.198. The molecule has 1 aliphatic rings. The number of rotatable bonds is 6. The summed E-state index contributed by atoms with van der Waals surface area (Å²) in [5.41, 5.74) is 6.78. The third kappa shape index (κ3) is 3.50. The molecule has 17 heavy (non-hydrogen) atoms. The van der Waals surface area contributed by atoms with Gasteiger partial charge in [0.15, 0.2) is 0 Å². The van der Waals surface area contributed by atoms with E-state index in [2.05, 4.69) is 22.2 Å². The molecule has 1 aromatic rings. The Kier molecular flexibility index (Phi) is 4.95. The number of hydrogen-bond acceptors (Lipinski definition) is 4. The van der Waals surface area contributed by atoms with Crippen molar-refractivity contribution < 1.29 is 0 Å². The second-order valence-electron chi connectivity index (χ2n) is 4.77. The third-order valence-electron chi connectivity index (χ3n) is 3.57. The van der Waals surface area contributed by atoms with E-state index in [1.165, 1.54) is 36.4 Å². The molecular formula is C13H23N3S. The smallest absolute Gasteiger partial charge is 0.0941 e. The standard InChI is InChI=1S/C13H23N3S/c1-2-16(12-5-3-4-6-12)9-11-10-17-13(15-11)7-8-14/h10,12H,2-9,14H2,1H3. The Labute approximate surface area is 108 Å². The molecule has 2 N–H and O–H groups in total. The highest BCUT2D eigenvalue weighted by Gasteiger charge is 2.21. The van der Waals surface area contributed by atoms with Gasteiger partial charge in [-0.15, -0.1) is 11.3 Å². The van der Waals surface area contributed by atoms with Gasteiger partial charge in [-0.25, -0.2) is 4.98 Å². The van der Waals surface area contributed by atoms with Gasteiger partial charge in [-0.05, 0) is 25.9 Å². The fourth-order valence-corrected chi connectivity index (χ4v) is 3.44. The molecule has 4 heteroatoms. The molecule has 0 amide bonds. The number of nitrogens with two attached hydrogens (primary N) is 1. The highest BCUT2D eigenvalue weighted by Crippen LogP contribution is 2.25. The fraction of sp³-hybridized carbons (Fsp3) is 0.769. The summed E-state index contributed by atoms with van der Waals surface area (Å²) >= 11 is 1.75. The van der Waals surface area contributed by atoms with Crippen molar-refractivity contribution in [3.63, 3.8) is 0 Å². The van der Waals surface area contributed by atoms with E-state index in [9.17, 15) is 0 Å². The zero-order chi connectivity index (χ0) is 12.1. The number of nitrogens with zero attached hydrogens (tertiary/aromatic N) is 2. The third-order valence-corrected chi connectivity index (χ3v) is 4.53. The molecule has 1 aromatic heterocycles. The van der Waals surface area contributed by atoms with Gasteiger partial charge in [0.2, 0.25) is 0 Å². The molecule has 1 fully saturated rings. The Morgan fingerprint density at radius 1 is 1.47 bits per heavy atom. The molecule has 0 bridgehead atoms. The van der Waals surface area contributed by atoms with Crippen LogP contribution in [0.4, 0.5) is 0 Å². The topological polar surface area (TPSA) is 42.1 Å². The molecule has 0 atom stereocenters. The first-order valence-electron chi connectivity index (χ1n) is 6.71. The predicted molar refractivity (Wildman–Crippen MR) is 73.2 cm³/mol. The summed E-state index contributed by atoms with van der Waals surface area (Å²) in [5.74, 6) is 0. The first kappa shape index (κ1) is 13.0. The molecule has 1 saturated carbocycles. The average Bonchev–Trinajstić information content (AvgIpc) is 2.97. The van der Waals surface area contributed by atoms with Crippen LogP contribution < -0.4 is 5.73 Å². The van der Waals surface area contributed by atoms with Gasteiger partial charge in [0.05, 0.1) is 10.7 Å². The highest BCUT2D eigenvalue weighted by atomic mass is 32.1. The molecule has 0 unspecified atom stereocenters. The summed E-state index contributed by atoms with van der Waals surface area (Å²) in [4.78, 5) is 7.23. The van der Waals surface area contributed by atoms with Crippen LogP contribution in [0.2, 0.25) is 0 Å². The lowest BCUT2D eigenvalue weighted by Crippen LogP contribution is -2.32. The van der Waals surface area contributed by atoms with E-state index in [-0.39, 0.29) is 0 Å². The van der Waals surface area contributed by atoms with Gasteiger partial charge in [-0.2, -0.15) is 0 Å². The Balaban J connectivity index is 1.92. The van der Waals surface area contributed by atoms with Crippen LogP contribution in [-0.2, 0) is 13.0 Å². The van der Waals surface area contributed by atoms with Gasteiger partial charge < -0.3 is 5.73 Å². The molecule has 1 heterocycles. The van der Waals surface area contributed by atoms with Crippen molar-refractivity contribution in [3.05, 3.63) is 16.1 Å². The molecule has 3 nitrogen and oxygen atoms in total. The molecular weight excluding hydrogens is 230 g/mol. The molecule has 0 aromatic carbocycles. The second-order valence-corrected chi connectivity index (χ2v) is 5.72. The number of aromatic nitrogens is 1. The maximum Gasteiger partial charge on any atom is 0.0941 e. The van der Waals surface area contributed by atoms with E-state index in [1.54, 1.807) is 11.3 Å². The SMILES string of the molecule is CCN(Cc1csc(CCN)n1)C1CCCC1. The van der Waals surface area contributed by atoms with Crippen molar-refractivity contribution in [2.24, 2.45) is 5.73 Å². The van der Waals surface area contributed by atoms with Crippen LogP contribution in [0.5, 0.6) is 0 Å². The van der Waals surface area contributed by atoms with Gasteiger partial charge in [0.25, 0.3) is 0 Å². The van der Waals surface area contributed by atoms with Gasteiger partial charge >= 0.3 is 0 Å². The lowest BCUT2D eigenvalue weighted by Gasteiger charge is -2.26. The van der Waals surface area contributed by atoms with Crippen LogP contribution in [-0.4, -0.2) is 29.0 Å². The van der Waals surface area contributed by atoms with E-state index in [1.807, 2.05) is 0 Å². The predicted octanol–water partition coefficient (Wildman–Crippen LogP) is 2.41. The van der Waals surface area contributed by atoms with Crippen molar-refractivity contribution in [3.8, 4) is 0 Å². The fourth-order valence-electron chi connectivity index (χ4n) is 2.64. The van der Waals surface area contributed by atoms with Gasteiger partial charge in [-0.3, -0.25) is 4.90 Å². The largest absolute Gasteiger partial charge is 0.330 e. The summed E-state index contributed by atoms with van der Waals surface area (Å²) in [7, 11) is 0. The Hall–Kier alpha value is -0.450. The zero-order valence-electron chi connectivity index (χ0n) is 10.7. The normalized spacial score (nSPS) is 17.1. The van der Waals surface area contributed by atoms with Gasteiger partial charge in [0.1, 0.15) is 0 Å². The van der Waals surface area contributed by atoms with E-state index in [0.717, 1.165) is 25.6 Å². The molecule has 1 aliphatic carbocycles. The number of thiazole rings is 1. The lowest BCUT2D eigenvalue weighted by atomic mass is 10.2. The minimum absolute atomic E-state index is 0.701. The van der Waals surface area contributed by atoms with Gasteiger partial charge in [-0.1, -0.05) is 19.8 Å². The van der Waals surface area contributed by atoms with E-state index >= 15 is 0 Å². The molecule has 2 rings (SSSR count).